The van der Waals surface area contributed by atoms with Gasteiger partial charge in [-0.2, -0.15) is 0 Å². The maximum Gasteiger partial charge on any atom is 0.306 e. The van der Waals surface area contributed by atoms with Crippen molar-refractivity contribution in [3.63, 3.8) is 0 Å². The first-order valence-corrected chi connectivity index (χ1v) is 29.3. The van der Waals surface area contributed by atoms with Gasteiger partial charge in [0.15, 0.2) is 19.7 Å². The average molecular weight is 1140 g/mol. The number of carbonyl (C=O) groups is 4. The Labute approximate surface area is 455 Å². The fourth-order valence-electron chi connectivity index (χ4n) is 8.99. The van der Waals surface area contributed by atoms with Gasteiger partial charge in [-0.25, -0.2) is 16.8 Å². The molecule has 2 amide bonds. The van der Waals surface area contributed by atoms with Crippen LogP contribution in [0.4, 0.5) is 0 Å². The number of carboxylic acids is 2. The molecule has 2 saturated heterocycles. The zero-order valence-corrected chi connectivity index (χ0v) is 47.4. The van der Waals surface area contributed by atoms with E-state index in [2.05, 4.69) is 0 Å². The maximum absolute atomic E-state index is 13.9. The molecule has 0 saturated carbocycles. The van der Waals surface area contributed by atoms with Crippen LogP contribution < -0.4 is 0 Å². The molecule has 2 aliphatic rings. The van der Waals surface area contributed by atoms with Crippen LogP contribution in [0.3, 0.4) is 0 Å². The molecule has 6 rings (SSSR count). The lowest BCUT2D eigenvalue weighted by atomic mass is 9.89. The first-order valence-electron chi connectivity index (χ1n) is 24.5. The molecule has 404 valence electrons. The van der Waals surface area contributed by atoms with Gasteiger partial charge in [-0.15, -0.1) is 0 Å². The molecule has 14 nitrogen and oxygen atoms in total. The predicted molar refractivity (Wildman–Crippen MR) is 289 cm³/mol. The molecule has 2 aliphatic heterocycles. The van der Waals surface area contributed by atoms with Crippen molar-refractivity contribution in [1.82, 2.24) is 9.80 Å². The summed E-state index contributed by atoms with van der Waals surface area (Å²) < 4.78 is 64.2. The standard InChI is InChI=1S/2C27H33Cl2NO6S/c2*1-5-21(16-37(34,35)27(3,4)6-2)30-24(17-10-12-19(28)13-11-17)25(18-8-7-9-20(29)14-18)36-22(26(30)33)15-23(31)32/h2*7-14,21-22,24-25H,5-6,15-16H2,1-4H3,(H,31,32)/t21-,22+,24?,25+;21-,22-,24?,25+/m00/s1. The number of rotatable bonds is 20. The lowest BCUT2D eigenvalue weighted by Gasteiger charge is -2.48. The molecule has 8 atom stereocenters. The Morgan fingerprint density at radius 2 is 0.865 bits per heavy atom. The molecule has 2 heterocycles. The molecular formula is C54H66Cl4N2O12S2. The van der Waals surface area contributed by atoms with Gasteiger partial charge in [0.2, 0.25) is 0 Å². The Kier molecular flexibility index (Phi) is 20.7. The van der Waals surface area contributed by atoms with Gasteiger partial charge < -0.3 is 29.5 Å². The van der Waals surface area contributed by atoms with Crippen molar-refractivity contribution >= 4 is 89.8 Å². The van der Waals surface area contributed by atoms with E-state index in [1.165, 1.54) is 9.80 Å². The Hall–Kier alpha value is -4.26. The largest absolute Gasteiger partial charge is 0.481 e. The van der Waals surface area contributed by atoms with E-state index in [0.717, 1.165) is 0 Å². The van der Waals surface area contributed by atoms with Crippen molar-refractivity contribution in [2.24, 2.45) is 0 Å². The van der Waals surface area contributed by atoms with E-state index in [1.54, 1.807) is 125 Å². The second kappa shape index (κ2) is 25.3. The average Bonchev–Trinajstić information content (AvgIpc) is 3.34. The second-order valence-corrected chi connectivity index (χ2v) is 26.9. The fraction of sp³-hybridized carbons (Fsp3) is 0.481. The molecule has 2 N–H and O–H groups in total. The third-order valence-corrected chi connectivity index (χ3v) is 20.9. The van der Waals surface area contributed by atoms with Gasteiger partial charge in [-0.3, -0.25) is 19.2 Å². The van der Waals surface area contributed by atoms with Crippen molar-refractivity contribution < 1.29 is 55.7 Å². The third-order valence-electron chi connectivity index (χ3n) is 14.3. The van der Waals surface area contributed by atoms with Crippen LogP contribution in [0.2, 0.25) is 20.1 Å². The molecule has 0 aliphatic carbocycles. The van der Waals surface area contributed by atoms with Crippen molar-refractivity contribution in [3.05, 3.63) is 139 Å². The van der Waals surface area contributed by atoms with Crippen molar-refractivity contribution in [3.8, 4) is 0 Å². The van der Waals surface area contributed by atoms with Crippen LogP contribution in [-0.4, -0.2) is 106 Å². The summed E-state index contributed by atoms with van der Waals surface area (Å²) >= 11 is 24.8. The number of benzene rings is 4. The number of hydrogen-bond acceptors (Lipinski definition) is 10. The number of halogens is 4. The molecule has 74 heavy (non-hydrogen) atoms. The normalized spacial score (nSPS) is 21.6. The molecule has 0 spiro atoms. The number of morpholine rings is 2. The minimum atomic E-state index is -3.63. The van der Waals surface area contributed by atoms with Crippen LogP contribution in [-0.2, 0) is 48.3 Å². The molecule has 20 heteroatoms. The van der Waals surface area contributed by atoms with E-state index < -0.39 is 114 Å². The topological polar surface area (TPSA) is 202 Å². The lowest BCUT2D eigenvalue weighted by molar-refractivity contribution is -0.182. The van der Waals surface area contributed by atoms with Gasteiger partial charge >= 0.3 is 11.9 Å². The Morgan fingerprint density at radius 3 is 1.14 bits per heavy atom. The second-order valence-electron chi connectivity index (χ2n) is 19.8. The van der Waals surface area contributed by atoms with Gasteiger partial charge in [-0.05, 0) is 124 Å². The Bertz CT molecular complexity index is 2660. The van der Waals surface area contributed by atoms with E-state index >= 15 is 0 Å². The van der Waals surface area contributed by atoms with Crippen LogP contribution in [0.1, 0.15) is 140 Å². The summed E-state index contributed by atoms with van der Waals surface area (Å²) in [6.07, 6.45) is -3.76. The predicted octanol–water partition coefficient (Wildman–Crippen LogP) is 11.7. The fourth-order valence-corrected chi connectivity index (χ4v) is 13.2. The monoisotopic (exact) mass is 1140 g/mol. The third kappa shape index (κ3) is 14.2. The van der Waals surface area contributed by atoms with Gasteiger partial charge in [0.1, 0.15) is 24.4 Å². The number of aliphatic carboxylic acids is 2. The molecule has 4 aromatic carbocycles. The van der Waals surface area contributed by atoms with Crippen LogP contribution >= 0.6 is 46.4 Å². The van der Waals surface area contributed by atoms with Crippen LogP contribution in [0.25, 0.3) is 0 Å². The van der Waals surface area contributed by atoms with Gasteiger partial charge in [0.05, 0.1) is 45.9 Å². The van der Waals surface area contributed by atoms with Gasteiger partial charge in [-0.1, -0.05) is 123 Å². The number of carboxylic acid groups (broad SMARTS) is 2. The summed E-state index contributed by atoms with van der Waals surface area (Å²) in [5.41, 5.74) is 2.66. The minimum Gasteiger partial charge on any atom is -0.481 e. The van der Waals surface area contributed by atoms with Crippen LogP contribution in [0, 0.1) is 0 Å². The Balaban J connectivity index is 0.000000274. The van der Waals surface area contributed by atoms with Crippen molar-refractivity contribution in [1.29, 1.82) is 0 Å². The highest BCUT2D eigenvalue weighted by atomic mass is 35.5. The van der Waals surface area contributed by atoms with Crippen molar-refractivity contribution in [2.45, 2.75) is 152 Å². The summed E-state index contributed by atoms with van der Waals surface area (Å²) in [4.78, 5) is 54.1. The van der Waals surface area contributed by atoms with E-state index in [9.17, 15) is 46.2 Å². The number of sulfone groups is 2. The number of nitrogens with zero attached hydrogens (tertiary/aromatic N) is 2. The first kappa shape index (κ1) is 60.6. The molecule has 2 fully saturated rings. The maximum atomic E-state index is 13.9. The molecule has 4 aromatic rings. The number of ether oxygens (including phenoxy) is 2. The SMILES string of the molecule is CC[C@@H](CS(=O)(=O)C(C)(C)CC)N1C(=O)[C@@H](CC(=O)O)O[C@H](c2cccc(Cl)c2)C1c1ccc(Cl)cc1.CC[C@@H](CS(=O)(=O)C(C)(C)CC)N1C(=O)[C@H](CC(=O)O)O[C@H](c2cccc(Cl)c2)C1c1ccc(Cl)cc1. The number of carbonyl (C=O) groups excluding carboxylic acids is 2. The van der Waals surface area contributed by atoms with Crippen molar-refractivity contribution in [2.75, 3.05) is 11.5 Å². The van der Waals surface area contributed by atoms with E-state index in [1.807, 2.05) is 27.7 Å². The molecular weight excluding hydrogens is 1070 g/mol. The molecule has 2 unspecified atom stereocenters. The highest BCUT2D eigenvalue weighted by molar-refractivity contribution is 7.93. The molecule has 0 bridgehead atoms. The van der Waals surface area contributed by atoms with Crippen LogP contribution in [0.5, 0.6) is 0 Å². The summed E-state index contributed by atoms with van der Waals surface area (Å²) in [7, 11) is -7.26. The van der Waals surface area contributed by atoms with Gasteiger partial charge in [0.25, 0.3) is 11.8 Å². The minimum absolute atomic E-state index is 0.262. The summed E-state index contributed by atoms with van der Waals surface area (Å²) in [5, 5.41) is 21.0. The van der Waals surface area contributed by atoms with Crippen LogP contribution in [0.15, 0.2) is 97.1 Å². The quantitative estimate of drug-likeness (QED) is 0.0849. The zero-order chi connectivity index (χ0) is 55.1. The summed E-state index contributed by atoms with van der Waals surface area (Å²) in [6.45, 7) is 14.0. The Morgan fingerprint density at radius 1 is 0.541 bits per heavy atom. The van der Waals surface area contributed by atoms with E-state index in [4.69, 9.17) is 55.9 Å². The van der Waals surface area contributed by atoms with Gasteiger partial charge in [0, 0.05) is 32.2 Å². The number of amides is 2. The molecule has 0 aromatic heterocycles. The van der Waals surface area contributed by atoms with E-state index in [0.29, 0.717) is 68.0 Å². The highest BCUT2D eigenvalue weighted by Crippen LogP contribution is 2.47. The highest BCUT2D eigenvalue weighted by Gasteiger charge is 2.51. The zero-order valence-electron chi connectivity index (χ0n) is 42.7. The summed E-state index contributed by atoms with van der Waals surface area (Å²) in [6, 6.07) is 24.8. The number of hydrogen-bond donors (Lipinski definition) is 2. The lowest BCUT2D eigenvalue weighted by Crippen LogP contribution is -2.57. The summed E-state index contributed by atoms with van der Waals surface area (Å²) in [5.74, 6) is -4.03. The first-order chi connectivity index (χ1) is 34.6. The van der Waals surface area contributed by atoms with E-state index in [-0.39, 0.29) is 11.5 Å². The smallest absolute Gasteiger partial charge is 0.306 e. The molecule has 0 radical (unpaired) electrons.